The van der Waals surface area contributed by atoms with Gasteiger partial charge in [-0.25, -0.2) is 14.6 Å². The van der Waals surface area contributed by atoms with E-state index in [1.807, 2.05) is 50.9 Å². The number of H-pyrrole nitrogens is 1. The minimum atomic E-state index is -0.697. The molecule has 296 valence electrons. The molecule has 56 heavy (non-hydrogen) atoms. The normalized spacial score (nSPS) is 19.8. The van der Waals surface area contributed by atoms with Crippen LogP contribution in [0, 0.1) is 11.8 Å². The lowest BCUT2D eigenvalue weighted by Crippen LogP contribution is -2.53. The third-order valence-electron chi connectivity index (χ3n) is 11.4. The number of nitrogens with one attached hydrogen (secondary N) is 3. The summed E-state index contributed by atoms with van der Waals surface area (Å²) in [6, 6.07) is 10.9. The van der Waals surface area contributed by atoms with Gasteiger partial charge in [-0.3, -0.25) is 14.6 Å². The van der Waals surface area contributed by atoms with Gasteiger partial charge in [-0.05, 0) is 78.0 Å². The molecule has 14 nitrogen and oxygen atoms in total. The van der Waals surface area contributed by atoms with E-state index < -0.39 is 24.3 Å². The van der Waals surface area contributed by atoms with E-state index in [-0.39, 0.29) is 35.7 Å². The molecule has 1 unspecified atom stereocenters. The third kappa shape index (κ3) is 7.61. The van der Waals surface area contributed by atoms with Crippen molar-refractivity contribution < 1.29 is 33.4 Å². The van der Waals surface area contributed by atoms with E-state index in [1.165, 1.54) is 14.2 Å². The Morgan fingerprint density at radius 2 is 1.43 bits per heavy atom. The molecular weight excluding hydrogens is 715 g/mol. The van der Waals surface area contributed by atoms with Crippen molar-refractivity contribution in [3.8, 4) is 28.1 Å². The number of fused-ring (bicyclic) bond motifs is 3. The van der Waals surface area contributed by atoms with Crippen molar-refractivity contribution in [2.75, 3.05) is 27.3 Å². The average molecular weight is 766 g/mol. The zero-order valence-electron chi connectivity index (χ0n) is 32.9. The highest BCUT2D eigenvalue weighted by Crippen LogP contribution is 2.42. The fourth-order valence-electron chi connectivity index (χ4n) is 8.29. The molecule has 3 N–H and O–H groups in total. The number of ether oxygens (including phenoxy) is 3. The van der Waals surface area contributed by atoms with E-state index in [2.05, 4.69) is 39.9 Å². The van der Waals surface area contributed by atoms with Crippen molar-refractivity contribution in [2.45, 2.75) is 90.6 Å². The van der Waals surface area contributed by atoms with Crippen LogP contribution in [0.1, 0.15) is 82.8 Å². The Kier molecular flexibility index (Phi) is 11.2. The van der Waals surface area contributed by atoms with Gasteiger partial charge in [-0.1, -0.05) is 45.9 Å². The first-order valence-electron chi connectivity index (χ1n) is 19.5. The van der Waals surface area contributed by atoms with Crippen molar-refractivity contribution in [1.29, 1.82) is 0 Å². The summed E-state index contributed by atoms with van der Waals surface area (Å²) >= 11 is 0. The highest BCUT2D eigenvalue weighted by molar-refractivity contribution is 6.04. The molecule has 2 aromatic carbocycles. The zero-order chi connectivity index (χ0) is 39.7. The van der Waals surface area contributed by atoms with Crippen molar-refractivity contribution in [2.24, 2.45) is 16.8 Å². The fraction of sp³-hybridized carbons (Fsp3) is 0.476. The summed E-state index contributed by atoms with van der Waals surface area (Å²) in [5.41, 5.74) is 8.06. The van der Waals surface area contributed by atoms with E-state index in [4.69, 9.17) is 24.2 Å². The van der Waals surface area contributed by atoms with Crippen molar-refractivity contribution in [1.82, 2.24) is 30.4 Å². The van der Waals surface area contributed by atoms with E-state index in [0.29, 0.717) is 31.9 Å². The molecule has 0 spiro atoms. The second-order valence-corrected chi connectivity index (χ2v) is 15.6. The Hall–Kier alpha value is -5.66. The maximum Gasteiger partial charge on any atom is 0.407 e. The number of imidazole rings is 1. The lowest BCUT2D eigenvalue weighted by atomic mass is 9.91. The molecular formula is C42H51N7O7. The maximum atomic E-state index is 13.6. The maximum absolute atomic E-state index is 13.6. The first-order valence-corrected chi connectivity index (χ1v) is 19.5. The summed E-state index contributed by atoms with van der Waals surface area (Å²) in [6.45, 7) is 9.25. The van der Waals surface area contributed by atoms with Gasteiger partial charge in [0, 0.05) is 42.5 Å². The molecule has 3 aromatic rings. The molecule has 2 saturated heterocycles. The van der Waals surface area contributed by atoms with Crippen molar-refractivity contribution in [3.63, 3.8) is 0 Å². The number of hydrogen-bond donors (Lipinski definition) is 3. The highest BCUT2D eigenvalue weighted by atomic mass is 16.5. The molecule has 4 aliphatic heterocycles. The number of aliphatic imine (C=N–C) groups is 1. The summed E-state index contributed by atoms with van der Waals surface area (Å²) < 4.78 is 15.9. The van der Waals surface area contributed by atoms with Crippen LogP contribution in [-0.2, 0) is 25.7 Å². The standard InChI is InChI=1S/C42H51N7O7/c1-23(2)36(46-41(52)54-5)39(50)48-15-7-9-33(48)31-18-27(20-43-31)25-11-13-29-28(17-25)22-56-35-19-26(12-14-30(29)35)32-21-44-38(45-32)34-10-8-16-49(34)40(51)37(24(3)4)47-42(53)55-6/h11-14,17,19-21,23-24,33-34,36-37H,7-10,15-16,18,22H2,1-6H3,(H,44,45)(H,46,52)(H,47,53)/t33-,34-,36-,37?/m0/s1. The molecule has 0 aliphatic carbocycles. The predicted molar refractivity (Wildman–Crippen MR) is 211 cm³/mol. The zero-order valence-corrected chi connectivity index (χ0v) is 32.9. The summed E-state index contributed by atoms with van der Waals surface area (Å²) in [7, 11) is 2.59. The van der Waals surface area contributed by atoms with Crippen LogP contribution in [-0.4, -0.2) is 94.9 Å². The minimum absolute atomic E-state index is 0.0932. The molecule has 7 rings (SSSR count). The van der Waals surface area contributed by atoms with Crippen LogP contribution in [0.25, 0.3) is 28.0 Å². The van der Waals surface area contributed by atoms with Gasteiger partial charge in [0.1, 0.15) is 30.3 Å². The topological polar surface area (TPSA) is 168 Å². The van der Waals surface area contributed by atoms with Crippen LogP contribution in [0.5, 0.6) is 5.75 Å². The van der Waals surface area contributed by atoms with Crippen LogP contribution < -0.4 is 15.4 Å². The number of rotatable bonds is 10. The Labute approximate surface area is 327 Å². The first-order chi connectivity index (χ1) is 27.0. The van der Waals surface area contributed by atoms with Gasteiger partial charge in [0.25, 0.3) is 0 Å². The molecule has 5 heterocycles. The molecule has 0 bridgehead atoms. The molecule has 4 aliphatic rings. The Morgan fingerprint density at radius 1 is 0.821 bits per heavy atom. The third-order valence-corrected chi connectivity index (χ3v) is 11.4. The number of nitrogens with zero attached hydrogens (tertiary/aromatic N) is 4. The number of carbonyl (C=O) groups is 4. The second kappa shape index (κ2) is 16.2. The largest absolute Gasteiger partial charge is 0.488 e. The number of hydrogen-bond acceptors (Lipinski definition) is 9. The van der Waals surface area contributed by atoms with E-state index in [9.17, 15) is 19.2 Å². The van der Waals surface area contributed by atoms with Gasteiger partial charge >= 0.3 is 12.2 Å². The first kappa shape index (κ1) is 38.6. The van der Waals surface area contributed by atoms with Gasteiger partial charge < -0.3 is 39.6 Å². The van der Waals surface area contributed by atoms with Crippen molar-refractivity contribution in [3.05, 3.63) is 65.7 Å². The molecule has 4 atom stereocenters. The van der Waals surface area contributed by atoms with Crippen LogP contribution in [0.2, 0.25) is 0 Å². The van der Waals surface area contributed by atoms with Gasteiger partial charge in [0.05, 0.1) is 38.2 Å². The van der Waals surface area contributed by atoms with Gasteiger partial charge in [-0.2, -0.15) is 0 Å². The number of aromatic amines is 1. The monoisotopic (exact) mass is 765 g/mol. The van der Waals surface area contributed by atoms with Crippen LogP contribution in [0.15, 0.2) is 53.8 Å². The second-order valence-electron chi connectivity index (χ2n) is 15.6. The predicted octanol–water partition coefficient (Wildman–Crippen LogP) is 6.24. The Bertz CT molecular complexity index is 2070. The molecule has 4 amide bonds. The molecule has 0 radical (unpaired) electrons. The van der Waals surface area contributed by atoms with Crippen LogP contribution in [0.3, 0.4) is 0 Å². The van der Waals surface area contributed by atoms with Crippen LogP contribution >= 0.6 is 0 Å². The summed E-state index contributed by atoms with van der Waals surface area (Å²) in [5, 5.41) is 5.42. The Balaban J connectivity index is 1.02. The lowest BCUT2D eigenvalue weighted by Gasteiger charge is -2.31. The number of aromatic nitrogens is 2. The smallest absolute Gasteiger partial charge is 0.407 e. The number of methoxy groups -OCH3 is 2. The van der Waals surface area contributed by atoms with Gasteiger partial charge in [0.2, 0.25) is 11.8 Å². The number of benzene rings is 2. The van der Waals surface area contributed by atoms with E-state index in [1.54, 1.807) is 11.1 Å². The van der Waals surface area contributed by atoms with E-state index in [0.717, 1.165) is 76.2 Å². The summed E-state index contributed by atoms with van der Waals surface area (Å²) in [5.74, 6) is 1.03. The molecule has 2 fully saturated rings. The minimum Gasteiger partial charge on any atom is -0.488 e. The van der Waals surface area contributed by atoms with Gasteiger partial charge in [0.15, 0.2) is 0 Å². The quantitative estimate of drug-likeness (QED) is 0.218. The number of carbonyl (C=O) groups excluding carboxylic acids is 4. The Morgan fingerprint density at radius 3 is 2.07 bits per heavy atom. The summed E-state index contributed by atoms with van der Waals surface area (Å²) in [6.07, 6.45) is 6.43. The van der Waals surface area contributed by atoms with Gasteiger partial charge in [-0.15, -0.1) is 0 Å². The lowest BCUT2D eigenvalue weighted by molar-refractivity contribution is -0.135. The number of likely N-dealkylation sites (tertiary alicyclic amines) is 2. The number of amides is 4. The average Bonchev–Trinajstić information content (AvgIpc) is 4.04. The number of allylic oxidation sites excluding steroid dienone is 1. The van der Waals surface area contributed by atoms with Crippen LogP contribution in [0.4, 0.5) is 9.59 Å². The van der Waals surface area contributed by atoms with E-state index >= 15 is 0 Å². The summed E-state index contributed by atoms with van der Waals surface area (Å²) in [4.78, 5) is 67.8. The van der Waals surface area contributed by atoms with Crippen molar-refractivity contribution >= 4 is 35.3 Å². The molecule has 1 aromatic heterocycles. The fourth-order valence-corrected chi connectivity index (χ4v) is 8.29. The molecule has 0 saturated carbocycles. The molecule has 14 heteroatoms. The highest BCUT2D eigenvalue weighted by Gasteiger charge is 2.39. The SMILES string of the molecule is COC(=O)NC(C(=O)N1CCC[C@H]1c1ncc(-c2ccc3c(c2)OCc2cc(C4=CN=C([C@@H]5CCCN5C(=O)[C@@H](NC(=O)OC)C(C)C)C4)ccc2-3)[nH]1)C(C)C. The number of alkyl carbamates (subject to hydrolysis) is 2.